The summed E-state index contributed by atoms with van der Waals surface area (Å²) in [7, 11) is 0. The van der Waals surface area contributed by atoms with E-state index in [-0.39, 0.29) is 23.7 Å². The third-order valence-corrected chi connectivity index (χ3v) is 10.0. The minimum absolute atomic E-state index is 0.118. The molecule has 0 amide bonds. The maximum Gasteiger partial charge on any atom is 0.339 e. The Morgan fingerprint density at radius 2 is 1.86 bits per heavy atom. The number of Topliss-reactive ketones (excluding diaryl/α,β-unsaturated/α-hetero) is 1. The Labute approximate surface area is 210 Å². The molecular formula is C29H33FO6. The van der Waals surface area contributed by atoms with Crippen LogP contribution in [0.15, 0.2) is 54.1 Å². The van der Waals surface area contributed by atoms with Crippen molar-refractivity contribution in [3.05, 3.63) is 59.7 Å². The number of aliphatic hydroxyl groups excluding tert-OH is 2. The van der Waals surface area contributed by atoms with Gasteiger partial charge in [-0.1, -0.05) is 43.7 Å². The Morgan fingerprint density at radius 3 is 2.53 bits per heavy atom. The standard InChI is InChI=1S/C29H33FO6/c1-17-13-22-21-10-9-19-14-20(32)11-12-26(19,2)28(21,30)23(33)15-27(22,3)29(17,24(34)16-31)36-25(35)18-7-5-4-6-8-18/h4-8,11-12,14,17,21-23,31,33H,9-10,13,15-16H2,1-3H3/t17-,21+,22+,23-,26-,27-,28+,29+/m0/s1. The fraction of sp³-hybridized carbons (Fsp3) is 0.552. The molecule has 36 heavy (non-hydrogen) atoms. The number of ether oxygens (including phenoxy) is 1. The second-order valence-electron chi connectivity index (χ2n) is 11.5. The fourth-order valence-electron chi connectivity index (χ4n) is 8.30. The van der Waals surface area contributed by atoms with Gasteiger partial charge in [-0.05, 0) is 62.8 Å². The highest BCUT2D eigenvalue weighted by Crippen LogP contribution is 2.71. The lowest BCUT2D eigenvalue weighted by Crippen LogP contribution is -2.70. The summed E-state index contributed by atoms with van der Waals surface area (Å²) < 4.78 is 23.4. The lowest BCUT2D eigenvalue weighted by Gasteiger charge is -2.62. The van der Waals surface area contributed by atoms with Crippen LogP contribution in [0, 0.1) is 28.6 Å². The molecule has 0 unspecified atom stereocenters. The van der Waals surface area contributed by atoms with Gasteiger partial charge in [-0.25, -0.2) is 9.18 Å². The maximum atomic E-state index is 17.4. The molecule has 0 heterocycles. The van der Waals surface area contributed by atoms with E-state index in [1.165, 1.54) is 12.2 Å². The summed E-state index contributed by atoms with van der Waals surface area (Å²) in [5.41, 5.74) is -5.06. The first-order valence-electron chi connectivity index (χ1n) is 12.7. The Kier molecular flexibility index (Phi) is 5.69. The summed E-state index contributed by atoms with van der Waals surface area (Å²) in [6, 6.07) is 8.33. The molecule has 3 fully saturated rings. The van der Waals surface area contributed by atoms with Gasteiger partial charge in [-0.3, -0.25) is 9.59 Å². The third-order valence-electron chi connectivity index (χ3n) is 10.0. The van der Waals surface area contributed by atoms with Crippen molar-refractivity contribution in [3.63, 3.8) is 0 Å². The topological polar surface area (TPSA) is 101 Å². The molecule has 4 aliphatic rings. The number of allylic oxidation sites excluding steroid dienone is 4. The van der Waals surface area contributed by atoms with E-state index in [0.29, 0.717) is 24.8 Å². The van der Waals surface area contributed by atoms with E-state index < -0.39 is 58.4 Å². The van der Waals surface area contributed by atoms with Crippen molar-refractivity contribution in [2.75, 3.05) is 6.61 Å². The quantitative estimate of drug-likeness (QED) is 0.616. The van der Waals surface area contributed by atoms with Crippen molar-refractivity contribution in [1.29, 1.82) is 0 Å². The minimum atomic E-state index is -2.06. The van der Waals surface area contributed by atoms with Crippen molar-refractivity contribution in [2.45, 2.75) is 63.8 Å². The lowest BCUT2D eigenvalue weighted by atomic mass is 9.44. The number of fused-ring (bicyclic) bond motifs is 5. The van der Waals surface area contributed by atoms with Crippen molar-refractivity contribution in [3.8, 4) is 0 Å². The summed E-state index contributed by atoms with van der Waals surface area (Å²) in [6.45, 7) is 4.51. The van der Waals surface area contributed by atoms with Crippen LogP contribution in [0.4, 0.5) is 4.39 Å². The van der Waals surface area contributed by atoms with Crippen LogP contribution < -0.4 is 0 Å². The van der Waals surface area contributed by atoms with Gasteiger partial charge in [0.2, 0.25) is 5.78 Å². The number of benzene rings is 1. The largest absolute Gasteiger partial charge is 0.446 e. The second kappa shape index (κ2) is 8.18. The highest BCUT2D eigenvalue weighted by atomic mass is 19.1. The van der Waals surface area contributed by atoms with Crippen LogP contribution in [0.25, 0.3) is 0 Å². The molecule has 0 bridgehead atoms. The van der Waals surface area contributed by atoms with E-state index >= 15 is 4.39 Å². The second-order valence-corrected chi connectivity index (χ2v) is 11.5. The van der Waals surface area contributed by atoms with Crippen molar-refractivity contribution in [1.82, 2.24) is 0 Å². The molecule has 0 spiro atoms. The zero-order chi connectivity index (χ0) is 26.1. The predicted molar refractivity (Wildman–Crippen MR) is 130 cm³/mol. The van der Waals surface area contributed by atoms with Crippen LogP contribution in [0.3, 0.4) is 0 Å². The van der Waals surface area contributed by atoms with E-state index in [2.05, 4.69) is 0 Å². The van der Waals surface area contributed by atoms with Crippen LogP contribution >= 0.6 is 0 Å². The molecule has 8 atom stereocenters. The molecule has 0 aliphatic heterocycles. The monoisotopic (exact) mass is 496 g/mol. The molecule has 4 aliphatic carbocycles. The van der Waals surface area contributed by atoms with E-state index in [4.69, 9.17) is 4.74 Å². The summed E-state index contributed by atoms with van der Waals surface area (Å²) in [5, 5.41) is 21.5. The Balaban J connectivity index is 1.61. The van der Waals surface area contributed by atoms with Crippen molar-refractivity contribution >= 4 is 17.5 Å². The minimum Gasteiger partial charge on any atom is -0.446 e. The summed E-state index contributed by atoms with van der Waals surface area (Å²) in [4.78, 5) is 38.8. The first kappa shape index (κ1) is 25.0. The number of esters is 1. The van der Waals surface area contributed by atoms with Crippen LogP contribution in [0.2, 0.25) is 0 Å². The molecule has 5 rings (SSSR count). The molecule has 2 N–H and O–H groups in total. The molecule has 0 radical (unpaired) electrons. The Bertz CT molecular complexity index is 1180. The first-order valence-corrected chi connectivity index (χ1v) is 12.7. The zero-order valence-corrected chi connectivity index (χ0v) is 20.9. The number of ketones is 2. The Morgan fingerprint density at radius 1 is 1.17 bits per heavy atom. The van der Waals surface area contributed by atoms with E-state index in [1.807, 2.05) is 0 Å². The number of hydrogen-bond acceptors (Lipinski definition) is 6. The first-order chi connectivity index (χ1) is 17.0. The normalized spacial score (nSPS) is 43.2. The van der Waals surface area contributed by atoms with Gasteiger partial charge < -0.3 is 14.9 Å². The van der Waals surface area contributed by atoms with E-state index in [0.717, 1.165) is 0 Å². The number of alkyl halides is 1. The number of hydrogen-bond donors (Lipinski definition) is 2. The smallest absolute Gasteiger partial charge is 0.339 e. The highest BCUT2D eigenvalue weighted by Gasteiger charge is 2.77. The highest BCUT2D eigenvalue weighted by molar-refractivity contribution is 6.01. The van der Waals surface area contributed by atoms with Gasteiger partial charge in [0.15, 0.2) is 17.1 Å². The van der Waals surface area contributed by atoms with Gasteiger partial charge >= 0.3 is 5.97 Å². The summed E-state index contributed by atoms with van der Waals surface area (Å²) >= 11 is 0. The number of carbonyl (C=O) groups excluding carboxylic acids is 3. The molecule has 0 saturated heterocycles. The molecule has 1 aromatic carbocycles. The molecular weight excluding hydrogens is 463 g/mol. The maximum absolute atomic E-state index is 17.4. The zero-order valence-electron chi connectivity index (χ0n) is 20.9. The fourth-order valence-corrected chi connectivity index (χ4v) is 8.30. The van der Waals surface area contributed by atoms with Crippen molar-refractivity contribution < 1.29 is 33.7 Å². The third kappa shape index (κ3) is 2.99. The van der Waals surface area contributed by atoms with Gasteiger partial charge in [-0.2, -0.15) is 0 Å². The number of rotatable bonds is 4. The van der Waals surface area contributed by atoms with Gasteiger partial charge in [0.1, 0.15) is 6.61 Å². The van der Waals surface area contributed by atoms with Crippen LogP contribution in [-0.2, 0) is 14.3 Å². The number of carbonyl (C=O) groups is 3. The van der Waals surface area contributed by atoms with Crippen molar-refractivity contribution in [2.24, 2.45) is 28.6 Å². The molecule has 3 saturated carbocycles. The van der Waals surface area contributed by atoms with Gasteiger partial charge in [0.25, 0.3) is 0 Å². The summed E-state index contributed by atoms with van der Waals surface area (Å²) in [5.74, 6) is -3.01. The summed E-state index contributed by atoms with van der Waals surface area (Å²) in [6.07, 6.45) is 4.16. The molecule has 0 aromatic heterocycles. The van der Waals surface area contributed by atoms with Crippen LogP contribution in [0.1, 0.15) is 56.8 Å². The average Bonchev–Trinajstić information content (AvgIpc) is 3.07. The predicted octanol–water partition coefficient (Wildman–Crippen LogP) is 3.76. The number of aliphatic hydroxyl groups is 2. The van der Waals surface area contributed by atoms with Gasteiger partial charge in [-0.15, -0.1) is 0 Å². The SMILES string of the molecule is C[C@H]1C[C@@H]2[C@H]3CCC4=CC(=O)C=C[C@]4(C)[C@]3(F)[C@@H](O)C[C@]2(C)[C@]1(OC(=O)c1ccccc1)C(=O)CO. The average molecular weight is 497 g/mol. The van der Waals surface area contributed by atoms with Crippen LogP contribution in [-0.4, -0.2) is 51.7 Å². The van der Waals surface area contributed by atoms with Gasteiger partial charge in [0.05, 0.1) is 11.7 Å². The number of halogens is 1. The molecule has 7 heteroatoms. The van der Waals surface area contributed by atoms with Gasteiger partial charge in [0, 0.05) is 22.7 Å². The lowest BCUT2D eigenvalue weighted by molar-refractivity contribution is -0.219. The van der Waals surface area contributed by atoms with E-state index in [9.17, 15) is 24.6 Å². The molecule has 6 nitrogen and oxygen atoms in total. The van der Waals surface area contributed by atoms with E-state index in [1.54, 1.807) is 57.2 Å². The van der Waals surface area contributed by atoms with Crippen LogP contribution in [0.5, 0.6) is 0 Å². The Hall–Kier alpha value is -2.64. The molecule has 1 aromatic rings. The molecule has 192 valence electrons.